The first kappa shape index (κ1) is 82.3. The number of aromatic nitrogens is 5. The molecule has 4 aliphatic rings. The Kier molecular flexibility index (Phi) is 18.7. The van der Waals surface area contributed by atoms with Crippen molar-refractivity contribution in [3.8, 4) is 156 Å². The van der Waals surface area contributed by atoms with E-state index in [-0.39, 0.29) is 5.41 Å². The summed E-state index contributed by atoms with van der Waals surface area (Å²) >= 11 is 0. The number of pyridine rings is 1. The van der Waals surface area contributed by atoms with Gasteiger partial charge >= 0.3 is 0 Å². The highest BCUT2D eigenvalue weighted by Gasteiger charge is 2.37. The van der Waals surface area contributed by atoms with Crippen molar-refractivity contribution in [2.45, 2.75) is 19.3 Å². The third-order valence-corrected chi connectivity index (χ3v) is 31.1. The van der Waals surface area contributed by atoms with Crippen LogP contribution in [0.3, 0.4) is 0 Å². The van der Waals surface area contributed by atoms with E-state index in [0.29, 0.717) is 0 Å². The highest BCUT2D eigenvalue weighted by Crippen LogP contribution is 2.59. The molecule has 27 aromatic rings. The third-order valence-electron chi connectivity index (χ3n) is 31.1. The summed E-state index contributed by atoms with van der Waals surface area (Å²) in [6, 6.07) is 177. The van der Waals surface area contributed by atoms with Crippen molar-refractivity contribution in [3.63, 3.8) is 0 Å². The lowest BCUT2D eigenvalue weighted by molar-refractivity contribution is 0.660. The molecule has 0 spiro atoms. The number of para-hydroxylation sites is 4. The van der Waals surface area contributed by atoms with E-state index in [2.05, 4.69) is 535 Å². The normalized spacial score (nSPS) is 12.4. The first-order valence-electron chi connectivity index (χ1n) is 49.9. The topological polar surface area (TPSA) is 35.9 Å². The molecule has 0 N–H and O–H groups in total. The zero-order valence-electron chi connectivity index (χ0n) is 79.2. The van der Waals surface area contributed by atoms with E-state index in [1.165, 1.54) is 242 Å². The molecule has 672 valence electrons. The Morgan fingerprint density at radius 1 is 0.194 bits per heavy atom. The van der Waals surface area contributed by atoms with Crippen LogP contribution < -0.4 is 4.90 Å². The van der Waals surface area contributed by atoms with Gasteiger partial charge in [0, 0.05) is 119 Å². The zero-order valence-corrected chi connectivity index (χ0v) is 79.2. The van der Waals surface area contributed by atoms with Crippen molar-refractivity contribution < 1.29 is 0 Å². The summed E-state index contributed by atoms with van der Waals surface area (Å²) in [4.78, 5) is 7.18. The number of hydrogen-bond donors (Lipinski definition) is 0. The number of nitrogens with zero attached hydrogens (tertiary/aromatic N) is 6. The Morgan fingerprint density at radius 2 is 0.507 bits per heavy atom. The predicted molar refractivity (Wildman–Crippen MR) is 605 cm³/mol. The van der Waals surface area contributed by atoms with Crippen LogP contribution in [-0.2, 0) is 5.41 Å². The summed E-state index contributed by atoms with van der Waals surface area (Å²) in [6.45, 7) is 4.70. The Hall–Kier alpha value is -18.8. The van der Waals surface area contributed by atoms with Gasteiger partial charge in [0.2, 0.25) is 0 Å². The van der Waals surface area contributed by atoms with Gasteiger partial charge in [-0.25, -0.2) is 0 Å². The van der Waals surface area contributed by atoms with Crippen molar-refractivity contribution in [2.24, 2.45) is 0 Å². The van der Waals surface area contributed by atoms with E-state index in [0.717, 1.165) is 39.8 Å². The first-order chi connectivity index (χ1) is 71.3. The minimum Gasteiger partial charge on any atom is -0.316 e. The Balaban J connectivity index is 0.000000110. The van der Waals surface area contributed by atoms with Gasteiger partial charge in [-0.3, -0.25) is 4.98 Å². The molecule has 31 rings (SSSR count). The minimum atomic E-state index is -0.0766. The zero-order chi connectivity index (χ0) is 94.9. The molecule has 144 heavy (non-hydrogen) atoms. The molecule has 0 fully saturated rings. The maximum absolute atomic E-state index is 4.80. The summed E-state index contributed by atoms with van der Waals surface area (Å²) < 4.78 is 9.42. The van der Waals surface area contributed by atoms with Crippen LogP contribution in [0.5, 0.6) is 0 Å². The van der Waals surface area contributed by atoms with Gasteiger partial charge in [0.25, 0.3) is 0 Å². The molecule has 0 amide bonds. The summed E-state index contributed by atoms with van der Waals surface area (Å²) in [5.41, 5.74) is 46.9. The van der Waals surface area contributed by atoms with Crippen molar-refractivity contribution in [1.82, 2.24) is 23.3 Å². The molecule has 22 aromatic carbocycles. The van der Waals surface area contributed by atoms with E-state index in [1.54, 1.807) is 0 Å². The quantitative estimate of drug-likeness (QED) is 0.135. The summed E-state index contributed by atoms with van der Waals surface area (Å²) in [5.74, 6) is 0. The first-order valence-corrected chi connectivity index (χ1v) is 49.9. The smallest absolute Gasteiger partial charge is 0.0802 e. The van der Waals surface area contributed by atoms with Gasteiger partial charge in [-0.15, -0.1) is 0 Å². The van der Waals surface area contributed by atoms with Crippen molar-refractivity contribution in [1.29, 1.82) is 0 Å². The number of hydrogen-bond acceptors (Lipinski definition) is 2. The van der Waals surface area contributed by atoms with Crippen LogP contribution in [0, 0.1) is 0 Å². The average molecular weight is 1830 g/mol. The van der Waals surface area contributed by atoms with Gasteiger partial charge < -0.3 is 23.2 Å². The van der Waals surface area contributed by atoms with E-state index in [1.807, 2.05) is 12.3 Å². The van der Waals surface area contributed by atoms with Gasteiger partial charge in [0.05, 0.1) is 33.3 Å². The molecule has 5 heterocycles. The molecular formula is C138H90N6. The fraction of sp³-hybridized carbons (Fsp3) is 0.0217. The van der Waals surface area contributed by atoms with Gasteiger partial charge in [-0.05, 0) is 281 Å². The SMILES string of the molecule is CC1(C)c2ccccc2-c2ccc(N(c3ccccc3)c3ccc(-c4ccc(-n5cc6c7c(cccc75)-c5c(c7ccccc7c7ccccc57)-c5ccccc5-6)cc4)cc3)cc21.c1ccc(-n2cc3c4c(cccc42)-c2ccccc2-c2cccnc2-3)cc1.c1ccc2c(c1)-c1c(c3ccccc3c3ccccc13)-c1cccc3c1c-2cn3-c1ccc(-c2ccc(-n3c4ccccc4c4ccccc43)cc2)cc1. The van der Waals surface area contributed by atoms with E-state index in [9.17, 15) is 0 Å². The second-order valence-corrected chi connectivity index (χ2v) is 39.0. The number of rotatable bonds is 9. The van der Waals surface area contributed by atoms with Crippen molar-refractivity contribution in [2.75, 3.05) is 4.90 Å². The number of fused-ring (bicyclic) bond motifs is 31. The molecule has 6 nitrogen and oxygen atoms in total. The lowest BCUT2D eigenvalue weighted by Crippen LogP contribution is -2.16. The molecule has 6 heteroatoms. The standard InChI is InChI=1S/C61H42N2.C52H32N2.C25H16N2/c1-61(2)55-25-13-12-20-48(55)49-36-35-44(37-56(49)61)63(42-15-4-3-5-16-42)43-33-29-40(30-34-43)39-27-31-41(32-28-39)62-38-54-47-19-8-11-23-52(47)59-50-21-9-6-17-45(50)46-18-7-10-22-51(46)60(59)53-24-14-26-57(62)58(53)54;1-4-17-42-37(12-1)38-13-2-5-18-43(38)52-45-20-11-23-49-50(45)46(39-14-3-6-19-44(39)51(42)52)32-53(49)35-28-24-33(25-29-35)34-26-30-36(31-27-34)54-47-21-9-7-15-40(47)41-16-8-10-22-48(41)54;1-2-8-17(9-3-1)27-16-22-24-20(12-6-14-23(24)27)18-10-4-5-11-19(18)21-13-7-15-26-25(21)22/h3-38H,1-2H3;1-32H;1-16H. The molecule has 4 aliphatic carbocycles. The summed E-state index contributed by atoms with van der Waals surface area (Å²) in [7, 11) is 0. The van der Waals surface area contributed by atoms with Crippen LogP contribution in [0.15, 0.2) is 510 Å². The molecular weight excluding hydrogens is 1740 g/mol. The predicted octanol–water partition coefficient (Wildman–Crippen LogP) is 37.0. The minimum absolute atomic E-state index is 0.0766. The lowest BCUT2D eigenvalue weighted by atomic mass is 9.82. The number of anilines is 3. The largest absolute Gasteiger partial charge is 0.316 e. The van der Waals surface area contributed by atoms with E-state index in [4.69, 9.17) is 4.98 Å². The molecule has 0 radical (unpaired) electrons. The molecule has 0 saturated carbocycles. The monoisotopic (exact) mass is 1830 g/mol. The second kappa shape index (κ2) is 32.7. The highest BCUT2D eigenvalue weighted by atomic mass is 15.1. The van der Waals surface area contributed by atoms with Gasteiger partial charge in [-0.1, -0.05) is 378 Å². The van der Waals surface area contributed by atoms with Gasteiger partial charge in [-0.2, -0.15) is 0 Å². The molecule has 0 bridgehead atoms. The molecule has 5 aromatic heterocycles. The van der Waals surface area contributed by atoms with Crippen molar-refractivity contribution in [3.05, 3.63) is 521 Å². The Morgan fingerprint density at radius 3 is 0.986 bits per heavy atom. The Labute approximate surface area is 833 Å². The van der Waals surface area contributed by atoms with Crippen LogP contribution in [0.2, 0.25) is 0 Å². The number of benzene rings is 22. The van der Waals surface area contributed by atoms with Crippen LogP contribution in [0.25, 0.3) is 254 Å². The Bertz CT molecular complexity index is 9910. The molecule has 0 unspecified atom stereocenters. The molecule has 0 aliphatic heterocycles. The second-order valence-electron chi connectivity index (χ2n) is 39.0. The van der Waals surface area contributed by atoms with Crippen LogP contribution in [-0.4, -0.2) is 23.3 Å². The van der Waals surface area contributed by atoms with Gasteiger partial charge in [0.15, 0.2) is 0 Å². The maximum Gasteiger partial charge on any atom is 0.0802 e. The van der Waals surface area contributed by atoms with Crippen LogP contribution in [0.1, 0.15) is 25.0 Å². The van der Waals surface area contributed by atoms with Crippen molar-refractivity contribution >= 4 is 115 Å². The van der Waals surface area contributed by atoms with Crippen LogP contribution in [0.4, 0.5) is 17.1 Å². The maximum atomic E-state index is 4.80. The fourth-order valence-corrected chi connectivity index (χ4v) is 24.7. The highest BCUT2D eigenvalue weighted by molar-refractivity contribution is 6.30. The average Bonchev–Trinajstić information content (AvgIpc) is 1.53. The molecule has 0 atom stereocenters. The van der Waals surface area contributed by atoms with E-state index >= 15 is 0 Å². The summed E-state index contributed by atoms with van der Waals surface area (Å²) in [6.07, 6.45) is 8.85. The third kappa shape index (κ3) is 12.7. The van der Waals surface area contributed by atoms with E-state index < -0.39 is 0 Å². The fourth-order valence-electron chi connectivity index (χ4n) is 24.7. The lowest BCUT2D eigenvalue weighted by Gasteiger charge is -2.28. The van der Waals surface area contributed by atoms with Crippen LogP contribution >= 0.6 is 0 Å². The molecule has 0 saturated heterocycles. The summed E-state index contributed by atoms with van der Waals surface area (Å²) in [5, 5.41) is 16.8. The van der Waals surface area contributed by atoms with Gasteiger partial charge in [0.1, 0.15) is 0 Å².